The van der Waals surface area contributed by atoms with Crippen LogP contribution in [0.25, 0.3) is 0 Å². The maximum atomic E-state index is 13.2. The summed E-state index contributed by atoms with van der Waals surface area (Å²) in [4.78, 5) is 15.0. The van der Waals surface area contributed by atoms with Gasteiger partial charge in [-0.05, 0) is 28.8 Å². The molecule has 0 bridgehead atoms. The third-order valence-corrected chi connectivity index (χ3v) is 5.21. The molecule has 28 heavy (non-hydrogen) atoms. The number of benzene rings is 3. The van der Waals surface area contributed by atoms with Crippen molar-refractivity contribution in [1.29, 1.82) is 0 Å². The normalized spacial score (nSPS) is 11.2. The third kappa shape index (κ3) is 5.79. The maximum Gasteiger partial charge on any atom is 0.254 e. The first-order chi connectivity index (χ1) is 13.4. The van der Waals surface area contributed by atoms with Gasteiger partial charge in [0.1, 0.15) is 0 Å². The third-order valence-electron chi connectivity index (χ3n) is 4.35. The Bertz CT molecular complexity index is 973. The summed E-state index contributed by atoms with van der Waals surface area (Å²) in [6, 6.07) is 26.6. The van der Waals surface area contributed by atoms with Gasteiger partial charge in [0.15, 0.2) is 9.84 Å². The number of hydrogen-bond acceptors (Lipinski definition) is 3. The Morgan fingerprint density at radius 3 is 1.61 bits per heavy atom. The standard InChI is InChI=1S/C23H23NO3S/c1-28(26,27)18-21-12-14-22(15-13-21)23(25)24(16-19-8-4-2-5-9-19)17-20-10-6-3-7-11-20/h2-15H,16-18H2,1H3. The molecule has 0 aliphatic rings. The lowest BCUT2D eigenvalue weighted by molar-refractivity contribution is 0.0730. The predicted octanol–water partition coefficient (Wildman–Crippen LogP) is 4.07. The number of carbonyl (C=O) groups excluding carboxylic acids is 1. The fourth-order valence-corrected chi connectivity index (χ4v) is 3.83. The molecule has 0 aromatic heterocycles. The Morgan fingerprint density at radius 1 is 0.714 bits per heavy atom. The van der Waals surface area contributed by atoms with Gasteiger partial charge in [-0.25, -0.2) is 8.42 Å². The summed E-state index contributed by atoms with van der Waals surface area (Å²) >= 11 is 0. The van der Waals surface area contributed by atoms with Crippen molar-refractivity contribution < 1.29 is 13.2 Å². The lowest BCUT2D eigenvalue weighted by atomic mass is 10.1. The largest absolute Gasteiger partial charge is 0.330 e. The topological polar surface area (TPSA) is 54.5 Å². The first-order valence-electron chi connectivity index (χ1n) is 9.04. The molecule has 3 aromatic rings. The highest BCUT2D eigenvalue weighted by molar-refractivity contribution is 7.89. The average Bonchev–Trinajstić information content (AvgIpc) is 2.68. The van der Waals surface area contributed by atoms with E-state index in [0.717, 1.165) is 11.1 Å². The highest BCUT2D eigenvalue weighted by Crippen LogP contribution is 2.16. The van der Waals surface area contributed by atoms with E-state index in [-0.39, 0.29) is 11.7 Å². The SMILES string of the molecule is CS(=O)(=O)Cc1ccc(C(=O)N(Cc2ccccc2)Cc2ccccc2)cc1. The zero-order valence-electron chi connectivity index (χ0n) is 15.8. The van der Waals surface area contributed by atoms with E-state index >= 15 is 0 Å². The van der Waals surface area contributed by atoms with E-state index in [0.29, 0.717) is 24.2 Å². The number of nitrogens with zero attached hydrogens (tertiary/aromatic N) is 1. The van der Waals surface area contributed by atoms with Crippen molar-refractivity contribution in [2.45, 2.75) is 18.8 Å². The van der Waals surface area contributed by atoms with Gasteiger partial charge >= 0.3 is 0 Å². The molecule has 144 valence electrons. The van der Waals surface area contributed by atoms with E-state index in [1.807, 2.05) is 60.7 Å². The minimum absolute atomic E-state index is 0.0286. The molecule has 3 aromatic carbocycles. The van der Waals surface area contributed by atoms with Gasteiger partial charge in [0.2, 0.25) is 0 Å². The van der Waals surface area contributed by atoms with Crippen LogP contribution in [0.15, 0.2) is 84.9 Å². The summed E-state index contributed by atoms with van der Waals surface area (Å²) in [5, 5.41) is 0. The van der Waals surface area contributed by atoms with Crippen LogP contribution in [0.3, 0.4) is 0 Å². The molecular weight excluding hydrogens is 370 g/mol. The predicted molar refractivity (Wildman–Crippen MR) is 111 cm³/mol. The quantitative estimate of drug-likeness (QED) is 0.608. The second kappa shape index (κ2) is 8.85. The van der Waals surface area contributed by atoms with Crippen molar-refractivity contribution in [1.82, 2.24) is 4.90 Å². The lowest BCUT2D eigenvalue weighted by Gasteiger charge is -2.23. The maximum absolute atomic E-state index is 13.2. The highest BCUT2D eigenvalue weighted by atomic mass is 32.2. The van der Waals surface area contributed by atoms with Gasteiger partial charge in [-0.2, -0.15) is 0 Å². The van der Waals surface area contributed by atoms with Crippen LogP contribution in [-0.4, -0.2) is 25.5 Å². The van der Waals surface area contributed by atoms with Crippen LogP contribution in [0.4, 0.5) is 0 Å². The Hall–Kier alpha value is -2.92. The molecule has 4 nitrogen and oxygen atoms in total. The van der Waals surface area contributed by atoms with E-state index in [1.165, 1.54) is 6.26 Å². The van der Waals surface area contributed by atoms with Crippen LogP contribution in [0.1, 0.15) is 27.0 Å². The molecule has 0 fully saturated rings. The zero-order valence-corrected chi connectivity index (χ0v) is 16.6. The van der Waals surface area contributed by atoms with Gasteiger partial charge in [0, 0.05) is 24.9 Å². The monoisotopic (exact) mass is 393 g/mol. The zero-order chi connectivity index (χ0) is 20.0. The van der Waals surface area contributed by atoms with E-state index < -0.39 is 9.84 Å². The Balaban J connectivity index is 1.83. The van der Waals surface area contributed by atoms with Crippen molar-refractivity contribution >= 4 is 15.7 Å². The molecule has 0 spiro atoms. The van der Waals surface area contributed by atoms with Crippen molar-refractivity contribution in [2.24, 2.45) is 0 Å². The second-order valence-electron chi connectivity index (χ2n) is 6.90. The molecule has 0 unspecified atom stereocenters. The van der Waals surface area contributed by atoms with Crippen LogP contribution in [0.2, 0.25) is 0 Å². The molecule has 0 aliphatic heterocycles. The van der Waals surface area contributed by atoms with Crippen LogP contribution in [0, 0.1) is 0 Å². The summed E-state index contributed by atoms with van der Waals surface area (Å²) in [6.45, 7) is 0.999. The summed E-state index contributed by atoms with van der Waals surface area (Å²) < 4.78 is 22.9. The van der Waals surface area contributed by atoms with Crippen molar-refractivity contribution in [3.8, 4) is 0 Å². The molecule has 0 aliphatic carbocycles. The fourth-order valence-electron chi connectivity index (χ4n) is 3.04. The molecule has 5 heteroatoms. The van der Waals surface area contributed by atoms with Gasteiger partial charge in [-0.1, -0.05) is 72.8 Å². The van der Waals surface area contributed by atoms with E-state index in [2.05, 4.69) is 0 Å². The van der Waals surface area contributed by atoms with Gasteiger partial charge in [0.25, 0.3) is 5.91 Å². The number of hydrogen-bond donors (Lipinski definition) is 0. The minimum Gasteiger partial charge on any atom is -0.330 e. The number of sulfone groups is 1. The number of amides is 1. The van der Waals surface area contributed by atoms with Gasteiger partial charge in [0.05, 0.1) is 5.75 Å². The first-order valence-corrected chi connectivity index (χ1v) is 11.1. The summed E-state index contributed by atoms with van der Waals surface area (Å²) in [6.07, 6.45) is 1.20. The van der Waals surface area contributed by atoms with Crippen molar-refractivity contribution in [2.75, 3.05) is 6.26 Å². The average molecular weight is 394 g/mol. The smallest absolute Gasteiger partial charge is 0.254 e. The highest BCUT2D eigenvalue weighted by Gasteiger charge is 2.17. The number of rotatable bonds is 7. The fraction of sp³-hybridized carbons (Fsp3) is 0.174. The molecule has 3 rings (SSSR count). The molecule has 0 saturated heterocycles. The number of carbonyl (C=O) groups is 1. The van der Waals surface area contributed by atoms with Crippen LogP contribution < -0.4 is 0 Å². The van der Waals surface area contributed by atoms with Crippen LogP contribution in [0.5, 0.6) is 0 Å². The first kappa shape index (κ1) is 19.8. The molecular formula is C23H23NO3S. The minimum atomic E-state index is -3.10. The van der Waals surface area contributed by atoms with E-state index in [4.69, 9.17) is 0 Å². The molecule has 1 amide bonds. The summed E-state index contributed by atoms with van der Waals surface area (Å²) in [7, 11) is -3.10. The van der Waals surface area contributed by atoms with Gasteiger partial charge in [-0.3, -0.25) is 4.79 Å². The molecule has 0 radical (unpaired) electrons. The summed E-state index contributed by atoms with van der Waals surface area (Å²) in [5.41, 5.74) is 3.33. The Labute approximate surface area is 166 Å². The lowest BCUT2D eigenvalue weighted by Crippen LogP contribution is -2.30. The van der Waals surface area contributed by atoms with Crippen LogP contribution >= 0.6 is 0 Å². The van der Waals surface area contributed by atoms with Gasteiger partial charge < -0.3 is 4.90 Å². The Kier molecular flexibility index (Phi) is 6.26. The molecule has 0 heterocycles. The van der Waals surface area contributed by atoms with Crippen molar-refractivity contribution in [3.63, 3.8) is 0 Å². The molecule has 0 atom stereocenters. The van der Waals surface area contributed by atoms with Crippen LogP contribution in [-0.2, 0) is 28.7 Å². The van der Waals surface area contributed by atoms with E-state index in [9.17, 15) is 13.2 Å². The summed E-state index contributed by atoms with van der Waals surface area (Å²) in [5.74, 6) is -0.113. The second-order valence-corrected chi connectivity index (χ2v) is 9.04. The molecule has 0 saturated carbocycles. The molecule has 0 N–H and O–H groups in total. The Morgan fingerprint density at radius 2 is 1.18 bits per heavy atom. The van der Waals surface area contributed by atoms with Crippen molar-refractivity contribution in [3.05, 3.63) is 107 Å². The van der Waals surface area contributed by atoms with E-state index in [1.54, 1.807) is 29.2 Å². The van der Waals surface area contributed by atoms with Gasteiger partial charge in [-0.15, -0.1) is 0 Å².